The molecule has 0 fully saturated rings. The molecule has 1 unspecified atom stereocenters. The van der Waals surface area contributed by atoms with Gasteiger partial charge in [-0.25, -0.2) is 4.98 Å². The maximum absolute atomic E-state index is 13.3. The van der Waals surface area contributed by atoms with Gasteiger partial charge in [-0.1, -0.05) is 0 Å². The van der Waals surface area contributed by atoms with E-state index < -0.39 is 41.7 Å². The molecule has 12 heteroatoms. The third-order valence-electron chi connectivity index (χ3n) is 3.95. The number of imidazole rings is 1. The summed E-state index contributed by atoms with van der Waals surface area (Å²) in [7, 11) is 1.24. The van der Waals surface area contributed by atoms with Gasteiger partial charge in [0.1, 0.15) is 12.4 Å². The second kappa shape index (κ2) is 8.31. The van der Waals surface area contributed by atoms with E-state index >= 15 is 0 Å². The number of carbonyl (C=O) groups is 1. The Bertz CT molecular complexity index is 832. The molecule has 2 aromatic rings. The second-order valence-electron chi connectivity index (χ2n) is 6.12. The number of nitrogens with one attached hydrogen (secondary N) is 1. The predicted molar refractivity (Wildman–Crippen MR) is 87.7 cm³/mol. The molecule has 0 aliphatic rings. The van der Waals surface area contributed by atoms with Crippen LogP contribution in [-0.4, -0.2) is 39.9 Å². The van der Waals surface area contributed by atoms with Gasteiger partial charge in [0.2, 0.25) is 11.5 Å². The molecule has 0 saturated carbocycles. The van der Waals surface area contributed by atoms with Gasteiger partial charge in [0, 0.05) is 19.4 Å². The number of hydrogen-bond donors (Lipinski definition) is 2. The van der Waals surface area contributed by atoms with Crippen LogP contribution in [0.15, 0.2) is 36.7 Å². The molecule has 1 aromatic carbocycles. The van der Waals surface area contributed by atoms with Crippen LogP contribution in [-0.2, 0) is 23.6 Å². The molecule has 160 valence electrons. The van der Waals surface area contributed by atoms with Gasteiger partial charge in [-0.15, -0.1) is 0 Å². The standard InChI is InChI=1S/C17H17F6N3O3/c1-26-8-6-25-14(26)15(28,17(21,22)23)10-13(27)24-7-9-29-12-4-2-11(3-5-12)16(18,19)20/h2-6,8,28H,7,9-10H2,1H3,(H,24,27). The lowest BCUT2D eigenvalue weighted by Gasteiger charge is -2.29. The highest BCUT2D eigenvalue weighted by Crippen LogP contribution is 2.40. The number of benzene rings is 1. The van der Waals surface area contributed by atoms with E-state index in [2.05, 4.69) is 10.3 Å². The molecule has 1 heterocycles. The minimum atomic E-state index is -5.15. The highest BCUT2D eigenvalue weighted by atomic mass is 19.4. The summed E-state index contributed by atoms with van der Waals surface area (Å²) in [6, 6.07) is 3.77. The normalized spacial score (nSPS) is 14.3. The molecule has 0 aliphatic carbocycles. The minimum absolute atomic E-state index is 0.0899. The Morgan fingerprint density at radius 2 is 1.79 bits per heavy atom. The lowest BCUT2D eigenvalue weighted by Crippen LogP contribution is -2.48. The van der Waals surface area contributed by atoms with Crippen LogP contribution < -0.4 is 10.1 Å². The fourth-order valence-electron chi connectivity index (χ4n) is 2.46. The molecule has 1 aromatic heterocycles. The van der Waals surface area contributed by atoms with Gasteiger partial charge in [-0.3, -0.25) is 4.79 Å². The maximum atomic E-state index is 13.3. The van der Waals surface area contributed by atoms with Crippen LogP contribution in [0.2, 0.25) is 0 Å². The van der Waals surface area contributed by atoms with Crippen LogP contribution >= 0.6 is 0 Å². The average molecular weight is 425 g/mol. The van der Waals surface area contributed by atoms with Crippen LogP contribution in [0, 0.1) is 0 Å². The third-order valence-corrected chi connectivity index (χ3v) is 3.95. The number of ether oxygens (including phenoxy) is 1. The molecule has 2 N–H and O–H groups in total. The second-order valence-corrected chi connectivity index (χ2v) is 6.12. The van der Waals surface area contributed by atoms with Crippen molar-refractivity contribution >= 4 is 5.91 Å². The summed E-state index contributed by atoms with van der Waals surface area (Å²) < 4.78 is 83.5. The Kier molecular flexibility index (Phi) is 6.46. The maximum Gasteiger partial charge on any atom is 0.425 e. The summed E-state index contributed by atoms with van der Waals surface area (Å²) in [5.41, 5.74) is -4.34. The van der Waals surface area contributed by atoms with Crippen molar-refractivity contribution in [3.05, 3.63) is 48.0 Å². The van der Waals surface area contributed by atoms with Crippen molar-refractivity contribution in [2.24, 2.45) is 7.05 Å². The quantitative estimate of drug-likeness (QED) is 0.529. The number of amides is 1. The SMILES string of the molecule is Cn1ccnc1C(O)(CC(=O)NCCOc1ccc(C(F)(F)F)cc1)C(F)(F)F. The first kappa shape index (κ1) is 22.5. The van der Waals surface area contributed by atoms with Crippen molar-refractivity contribution in [1.82, 2.24) is 14.9 Å². The van der Waals surface area contributed by atoms with E-state index in [4.69, 9.17) is 4.74 Å². The molecule has 6 nitrogen and oxygen atoms in total. The van der Waals surface area contributed by atoms with Crippen LogP contribution in [0.3, 0.4) is 0 Å². The van der Waals surface area contributed by atoms with Gasteiger partial charge in [-0.2, -0.15) is 26.3 Å². The molecular formula is C17H17F6N3O3. The van der Waals surface area contributed by atoms with E-state index in [9.17, 15) is 36.2 Å². The summed E-state index contributed by atoms with van der Waals surface area (Å²) in [5.74, 6) is -1.75. The Hall–Kier alpha value is -2.76. The van der Waals surface area contributed by atoms with Gasteiger partial charge in [0.05, 0.1) is 18.5 Å². The predicted octanol–water partition coefficient (Wildman–Crippen LogP) is 2.77. The van der Waals surface area contributed by atoms with E-state index in [1.165, 1.54) is 13.2 Å². The van der Waals surface area contributed by atoms with Gasteiger partial charge < -0.3 is 19.7 Å². The Labute approximate surface area is 161 Å². The van der Waals surface area contributed by atoms with E-state index in [0.717, 1.165) is 35.0 Å². The Balaban J connectivity index is 1.89. The van der Waals surface area contributed by atoms with E-state index in [1.807, 2.05) is 0 Å². The van der Waals surface area contributed by atoms with Crippen LogP contribution in [0.4, 0.5) is 26.3 Å². The Morgan fingerprint density at radius 1 is 1.17 bits per heavy atom. The number of aryl methyl sites for hydroxylation is 1. The number of nitrogens with zero attached hydrogens (tertiary/aromatic N) is 2. The number of hydrogen-bond acceptors (Lipinski definition) is 4. The summed E-state index contributed by atoms with van der Waals surface area (Å²) in [5, 5.41) is 12.2. The van der Waals surface area contributed by atoms with Gasteiger partial charge in [-0.05, 0) is 24.3 Å². The van der Waals surface area contributed by atoms with Crippen molar-refractivity contribution in [3.63, 3.8) is 0 Å². The number of aromatic nitrogens is 2. The zero-order valence-corrected chi connectivity index (χ0v) is 15.0. The van der Waals surface area contributed by atoms with Crippen molar-refractivity contribution in [2.45, 2.75) is 24.4 Å². The summed E-state index contributed by atoms with van der Waals surface area (Å²) in [6.07, 6.45) is -8.71. The highest BCUT2D eigenvalue weighted by Gasteiger charge is 2.58. The molecular weight excluding hydrogens is 408 g/mol. The first-order chi connectivity index (χ1) is 13.3. The highest BCUT2D eigenvalue weighted by molar-refractivity contribution is 5.77. The smallest absolute Gasteiger partial charge is 0.425 e. The molecule has 0 bridgehead atoms. The minimum Gasteiger partial charge on any atom is -0.492 e. The molecule has 0 spiro atoms. The molecule has 1 atom stereocenters. The molecule has 0 radical (unpaired) electrons. The van der Waals surface area contributed by atoms with E-state index in [0.29, 0.717) is 0 Å². The lowest BCUT2D eigenvalue weighted by atomic mass is 9.97. The lowest BCUT2D eigenvalue weighted by molar-refractivity contribution is -0.271. The number of carbonyl (C=O) groups excluding carboxylic acids is 1. The fraction of sp³-hybridized carbons (Fsp3) is 0.412. The zero-order valence-electron chi connectivity index (χ0n) is 15.0. The Morgan fingerprint density at radius 3 is 2.28 bits per heavy atom. The first-order valence-electron chi connectivity index (χ1n) is 8.18. The van der Waals surface area contributed by atoms with Crippen LogP contribution in [0.5, 0.6) is 5.75 Å². The fourth-order valence-corrected chi connectivity index (χ4v) is 2.46. The van der Waals surface area contributed by atoms with Crippen molar-refractivity contribution in [1.29, 1.82) is 0 Å². The summed E-state index contributed by atoms with van der Waals surface area (Å²) >= 11 is 0. The first-order valence-corrected chi connectivity index (χ1v) is 8.18. The molecule has 2 rings (SSSR count). The van der Waals surface area contributed by atoms with Crippen molar-refractivity contribution < 1.29 is 41.0 Å². The molecule has 0 aliphatic heterocycles. The van der Waals surface area contributed by atoms with Crippen LogP contribution in [0.25, 0.3) is 0 Å². The van der Waals surface area contributed by atoms with Crippen LogP contribution in [0.1, 0.15) is 17.8 Å². The van der Waals surface area contributed by atoms with Gasteiger partial charge in [0.25, 0.3) is 0 Å². The molecule has 0 saturated heterocycles. The monoisotopic (exact) mass is 425 g/mol. The average Bonchev–Trinajstić information content (AvgIpc) is 3.04. The number of aliphatic hydroxyl groups is 1. The number of rotatable bonds is 7. The zero-order chi connectivity index (χ0) is 21.9. The summed E-state index contributed by atoms with van der Waals surface area (Å²) in [4.78, 5) is 15.4. The van der Waals surface area contributed by atoms with Crippen molar-refractivity contribution in [3.8, 4) is 5.75 Å². The van der Waals surface area contributed by atoms with Gasteiger partial charge in [0.15, 0.2) is 5.82 Å². The van der Waals surface area contributed by atoms with E-state index in [1.54, 1.807) is 0 Å². The van der Waals surface area contributed by atoms with Crippen molar-refractivity contribution in [2.75, 3.05) is 13.2 Å². The largest absolute Gasteiger partial charge is 0.492 e. The third kappa shape index (κ3) is 5.40. The summed E-state index contributed by atoms with van der Waals surface area (Å²) in [6.45, 7) is -0.432. The topological polar surface area (TPSA) is 76.4 Å². The molecule has 29 heavy (non-hydrogen) atoms. The van der Waals surface area contributed by atoms with Gasteiger partial charge >= 0.3 is 12.4 Å². The number of halogens is 6. The molecule has 1 amide bonds. The van der Waals surface area contributed by atoms with E-state index in [-0.39, 0.29) is 18.9 Å². The number of alkyl halides is 6.